The van der Waals surface area contributed by atoms with Crippen molar-refractivity contribution in [1.29, 1.82) is 0 Å². The Morgan fingerprint density at radius 3 is 2.21 bits per heavy atom. The maximum Gasteiger partial charge on any atom is 0.156 e. The van der Waals surface area contributed by atoms with Gasteiger partial charge in [0.05, 0.1) is 10.0 Å². The Bertz CT molecular complexity index is 412. The van der Waals surface area contributed by atoms with E-state index >= 15 is 0 Å². The van der Waals surface area contributed by atoms with Crippen LogP contribution in [0.15, 0.2) is 18.2 Å². The van der Waals surface area contributed by atoms with Gasteiger partial charge in [-0.25, -0.2) is 0 Å². The molecule has 0 aromatic heterocycles. The zero-order chi connectivity index (χ0) is 13.2. The predicted molar refractivity (Wildman–Crippen MR) is 79.2 cm³/mol. The van der Waals surface area contributed by atoms with E-state index in [1.165, 1.54) is 25.7 Å². The molecule has 3 rings (SSSR count). The van der Waals surface area contributed by atoms with Gasteiger partial charge in [0.2, 0.25) is 0 Å². The molecular formula is C15H19Cl2NO. The number of para-hydroxylation sites is 1. The first-order valence-corrected chi connectivity index (χ1v) is 7.81. The molecule has 0 radical (unpaired) electrons. The van der Waals surface area contributed by atoms with Crippen LogP contribution >= 0.6 is 23.2 Å². The van der Waals surface area contributed by atoms with Crippen molar-refractivity contribution in [3.05, 3.63) is 28.2 Å². The van der Waals surface area contributed by atoms with Gasteiger partial charge in [0.15, 0.2) is 5.75 Å². The smallest absolute Gasteiger partial charge is 0.156 e. The third-order valence-corrected chi connectivity index (χ3v) is 4.50. The number of halogens is 2. The number of nitrogens with one attached hydrogen (secondary N) is 1. The Kier molecular flexibility index (Phi) is 4.21. The second-order valence-electron chi connectivity index (χ2n) is 5.55. The van der Waals surface area contributed by atoms with Crippen LogP contribution in [0.2, 0.25) is 10.0 Å². The third-order valence-electron chi connectivity index (χ3n) is 3.91. The van der Waals surface area contributed by atoms with E-state index in [1.807, 2.05) is 6.07 Å². The maximum atomic E-state index is 6.06. The second kappa shape index (κ2) is 5.90. The summed E-state index contributed by atoms with van der Waals surface area (Å²) >= 11 is 12.1. The van der Waals surface area contributed by atoms with Gasteiger partial charge in [-0.2, -0.15) is 0 Å². The van der Waals surface area contributed by atoms with Gasteiger partial charge in [0.1, 0.15) is 6.61 Å². The number of hydrogen-bond donors (Lipinski definition) is 1. The summed E-state index contributed by atoms with van der Waals surface area (Å²) in [5, 5.41) is 4.80. The van der Waals surface area contributed by atoms with E-state index in [4.69, 9.17) is 27.9 Å². The minimum absolute atomic E-state index is 0.577. The Morgan fingerprint density at radius 1 is 1.11 bits per heavy atom. The van der Waals surface area contributed by atoms with Gasteiger partial charge in [-0.3, -0.25) is 0 Å². The van der Waals surface area contributed by atoms with Gasteiger partial charge >= 0.3 is 0 Å². The lowest BCUT2D eigenvalue weighted by Crippen LogP contribution is -2.36. The standard InChI is InChI=1S/C15H19Cl2NO/c16-12-2-1-3-13(17)15(12)19-9-8-18-14(10-4-5-10)11-6-7-11/h1-3,10-11,14,18H,4-9H2. The van der Waals surface area contributed by atoms with Crippen LogP contribution in [0.5, 0.6) is 5.75 Å². The molecule has 2 aliphatic rings. The highest BCUT2D eigenvalue weighted by atomic mass is 35.5. The molecule has 0 atom stereocenters. The van der Waals surface area contributed by atoms with Crippen LogP contribution in [0.1, 0.15) is 25.7 Å². The van der Waals surface area contributed by atoms with Crippen LogP contribution in [0.4, 0.5) is 0 Å². The van der Waals surface area contributed by atoms with Gasteiger partial charge in [-0.05, 0) is 49.7 Å². The number of benzene rings is 1. The summed E-state index contributed by atoms with van der Waals surface area (Å²) in [5.41, 5.74) is 0. The largest absolute Gasteiger partial charge is 0.489 e. The van der Waals surface area contributed by atoms with Crippen molar-refractivity contribution in [2.75, 3.05) is 13.2 Å². The van der Waals surface area contributed by atoms with Gasteiger partial charge < -0.3 is 10.1 Å². The SMILES string of the molecule is Clc1cccc(Cl)c1OCCNC(C1CC1)C1CC1. The van der Waals surface area contributed by atoms with Crippen molar-refractivity contribution in [3.63, 3.8) is 0 Å². The Labute approximate surface area is 124 Å². The molecule has 0 amide bonds. The number of rotatable bonds is 7. The normalized spacial score (nSPS) is 18.9. The molecule has 0 saturated heterocycles. The summed E-state index contributed by atoms with van der Waals surface area (Å²) in [6.07, 6.45) is 5.58. The fourth-order valence-electron chi connectivity index (χ4n) is 2.63. The van der Waals surface area contributed by atoms with E-state index in [0.29, 0.717) is 28.4 Å². The molecule has 2 fully saturated rings. The van der Waals surface area contributed by atoms with Crippen molar-refractivity contribution in [2.45, 2.75) is 31.7 Å². The summed E-state index contributed by atoms with van der Waals surface area (Å²) < 4.78 is 5.69. The molecule has 0 heterocycles. The lowest BCUT2D eigenvalue weighted by Gasteiger charge is -2.18. The fraction of sp³-hybridized carbons (Fsp3) is 0.600. The van der Waals surface area contributed by atoms with E-state index in [1.54, 1.807) is 12.1 Å². The quantitative estimate of drug-likeness (QED) is 0.764. The van der Waals surface area contributed by atoms with Gasteiger partial charge in [0, 0.05) is 12.6 Å². The minimum Gasteiger partial charge on any atom is -0.489 e. The minimum atomic E-state index is 0.577. The van der Waals surface area contributed by atoms with E-state index in [9.17, 15) is 0 Å². The molecule has 0 aliphatic heterocycles. The zero-order valence-corrected chi connectivity index (χ0v) is 12.4. The molecule has 1 aromatic rings. The summed E-state index contributed by atoms with van der Waals surface area (Å²) in [5.74, 6) is 2.43. The van der Waals surface area contributed by atoms with Crippen LogP contribution < -0.4 is 10.1 Å². The number of ether oxygens (including phenoxy) is 1. The van der Waals surface area contributed by atoms with Gasteiger partial charge in [-0.15, -0.1) is 0 Å². The molecule has 0 unspecified atom stereocenters. The van der Waals surface area contributed by atoms with Gasteiger partial charge in [0.25, 0.3) is 0 Å². The molecule has 1 aromatic carbocycles. The predicted octanol–water partition coefficient (Wildman–Crippen LogP) is 4.15. The molecule has 0 bridgehead atoms. The first-order valence-electron chi connectivity index (χ1n) is 7.06. The first kappa shape index (κ1) is 13.5. The van der Waals surface area contributed by atoms with E-state index in [2.05, 4.69) is 5.32 Å². The molecule has 4 heteroatoms. The first-order chi connectivity index (χ1) is 9.25. The summed E-state index contributed by atoms with van der Waals surface area (Å²) in [6, 6.07) is 6.14. The van der Waals surface area contributed by atoms with Crippen molar-refractivity contribution < 1.29 is 4.74 Å². The lowest BCUT2D eigenvalue weighted by atomic mass is 10.1. The molecular weight excluding hydrogens is 281 g/mol. The molecule has 2 aliphatic carbocycles. The maximum absolute atomic E-state index is 6.06. The van der Waals surface area contributed by atoms with Crippen molar-refractivity contribution in [3.8, 4) is 5.75 Å². The lowest BCUT2D eigenvalue weighted by molar-refractivity contribution is 0.294. The van der Waals surface area contributed by atoms with Crippen LogP contribution in [-0.4, -0.2) is 19.2 Å². The van der Waals surface area contributed by atoms with Gasteiger partial charge in [-0.1, -0.05) is 29.3 Å². The topological polar surface area (TPSA) is 21.3 Å². The highest BCUT2D eigenvalue weighted by molar-refractivity contribution is 6.37. The second-order valence-corrected chi connectivity index (χ2v) is 6.37. The molecule has 1 N–H and O–H groups in total. The summed E-state index contributed by atoms with van der Waals surface area (Å²) in [6.45, 7) is 1.47. The van der Waals surface area contributed by atoms with Crippen LogP contribution in [0.25, 0.3) is 0 Å². The Morgan fingerprint density at radius 2 is 1.68 bits per heavy atom. The van der Waals surface area contributed by atoms with E-state index in [-0.39, 0.29) is 0 Å². The highest BCUT2D eigenvalue weighted by Gasteiger charge is 2.40. The van der Waals surface area contributed by atoms with Crippen molar-refractivity contribution >= 4 is 23.2 Å². The van der Waals surface area contributed by atoms with Crippen LogP contribution in [-0.2, 0) is 0 Å². The average Bonchev–Trinajstić information content (AvgIpc) is 3.26. The molecule has 19 heavy (non-hydrogen) atoms. The average molecular weight is 300 g/mol. The van der Waals surface area contributed by atoms with Crippen LogP contribution in [0, 0.1) is 11.8 Å². The zero-order valence-electron chi connectivity index (χ0n) is 10.9. The van der Waals surface area contributed by atoms with Crippen molar-refractivity contribution in [2.24, 2.45) is 11.8 Å². The van der Waals surface area contributed by atoms with E-state index in [0.717, 1.165) is 18.4 Å². The Balaban J connectivity index is 1.45. The monoisotopic (exact) mass is 299 g/mol. The molecule has 2 nitrogen and oxygen atoms in total. The van der Waals surface area contributed by atoms with Crippen molar-refractivity contribution in [1.82, 2.24) is 5.32 Å². The summed E-state index contributed by atoms with van der Waals surface area (Å²) in [4.78, 5) is 0. The van der Waals surface area contributed by atoms with Crippen LogP contribution in [0.3, 0.4) is 0 Å². The summed E-state index contributed by atoms with van der Waals surface area (Å²) in [7, 11) is 0. The highest BCUT2D eigenvalue weighted by Crippen LogP contribution is 2.44. The molecule has 104 valence electrons. The molecule has 0 spiro atoms. The number of hydrogen-bond acceptors (Lipinski definition) is 2. The fourth-order valence-corrected chi connectivity index (χ4v) is 3.13. The Hall–Kier alpha value is -0.440. The van der Waals surface area contributed by atoms with E-state index < -0.39 is 0 Å². The third kappa shape index (κ3) is 3.56. The molecule has 2 saturated carbocycles.